The van der Waals surface area contributed by atoms with Crippen LogP contribution >= 0.6 is 0 Å². The Morgan fingerprint density at radius 3 is 2.59 bits per heavy atom. The van der Waals surface area contributed by atoms with Crippen LogP contribution in [-0.4, -0.2) is 24.8 Å². The van der Waals surface area contributed by atoms with E-state index < -0.39 is 11.2 Å². The lowest BCUT2D eigenvalue weighted by Gasteiger charge is -2.13. The molecule has 0 aliphatic heterocycles. The van der Waals surface area contributed by atoms with Crippen molar-refractivity contribution >= 4 is 22.6 Å². The van der Waals surface area contributed by atoms with Crippen molar-refractivity contribution in [3.63, 3.8) is 0 Å². The molecule has 1 amide bonds. The summed E-state index contributed by atoms with van der Waals surface area (Å²) in [6.07, 6.45) is 2.33. The van der Waals surface area contributed by atoms with Crippen LogP contribution < -0.4 is 16.6 Å². The number of amides is 1. The zero-order valence-corrected chi connectivity index (χ0v) is 18.3. The van der Waals surface area contributed by atoms with Gasteiger partial charge in [0, 0.05) is 12.2 Å². The zero-order chi connectivity index (χ0) is 22.8. The minimum atomic E-state index is -0.588. The highest BCUT2D eigenvalue weighted by atomic mass is 16.3. The van der Waals surface area contributed by atoms with Gasteiger partial charge in [-0.15, -0.1) is 0 Å². The van der Waals surface area contributed by atoms with E-state index in [2.05, 4.69) is 10.4 Å². The highest BCUT2D eigenvalue weighted by Crippen LogP contribution is 2.15. The fraction of sp³-hybridized carbons (Fsp3) is 0.304. The Kier molecular flexibility index (Phi) is 5.81. The average Bonchev–Trinajstić information content (AvgIpc) is 3.41. The van der Waals surface area contributed by atoms with Gasteiger partial charge >= 0.3 is 5.69 Å². The maximum absolute atomic E-state index is 13.3. The van der Waals surface area contributed by atoms with Crippen molar-refractivity contribution in [2.24, 2.45) is 0 Å². The van der Waals surface area contributed by atoms with Crippen LogP contribution in [0.4, 0.5) is 5.69 Å². The Morgan fingerprint density at radius 2 is 1.91 bits per heavy atom. The minimum Gasteiger partial charge on any atom is -0.467 e. The van der Waals surface area contributed by atoms with Gasteiger partial charge in [0.2, 0.25) is 5.91 Å². The number of aromatic nitrogens is 4. The van der Waals surface area contributed by atoms with Crippen LogP contribution in [0.5, 0.6) is 0 Å². The number of aryl methyl sites for hydroxylation is 3. The van der Waals surface area contributed by atoms with Gasteiger partial charge in [-0.05, 0) is 50.1 Å². The fourth-order valence-electron chi connectivity index (χ4n) is 3.85. The Balaban J connectivity index is 1.80. The molecule has 3 aromatic heterocycles. The molecule has 0 radical (unpaired) electrons. The monoisotopic (exact) mass is 435 g/mol. The molecule has 0 fully saturated rings. The van der Waals surface area contributed by atoms with Crippen molar-refractivity contribution in [2.45, 2.75) is 46.8 Å². The van der Waals surface area contributed by atoms with Crippen LogP contribution in [0.15, 0.2) is 56.7 Å². The quantitative estimate of drug-likeness (QED) is 0.480. The number of hydrogen-bond acceptors (Lipinski definition) is 5. The van der Waals surface area contributed by atoms with E-state index >= 15 is 0 Å². The average molecular weight is 435 g/mol. The van der Waals surface area contributed by atoms with Gasteiger partial charge in [-0.1, -0.05) is 19.1 Å². The molecule has 0 unspecified atom stereocenters. The molecule has 3 heterocycles. The van der Waals surface area contributed by atoms with E-state index in [1.54, 1.807) is 29.8 Å². The number of fused-ring (bicyclic) bond motifs is 1. The number of furan rings is 1. The van der Waals surface area contributed by atoms with Gasteiger partial charge in [0.25, 0.3) is 5.56 Å². The standard InChI is InChI=1S/C23H25N5O4/c1-4-16-8-6-9-17(12-16)24-19(29)14-26-20-15(3)25-28(5-2)21(20)22(30)27(23(26)31)13-18-10-7-11-32-18/h6-12H,4-5,13-14H2,1-3H3,(H,24,29). The van der Waals surface area contributed by atoms with Crippen molar-refractivity contribution in [3.8, 4) is 0 Å². The third-order valence-corrected chi connectivity index (χ3v) is 5.39. The van der Waals surface area contributed by atoms with E-state index in [0.717, 1.165) is 16.6 Å². The molecule has 166 valence electrons. The highest BCUT2D eigenvalue weighted by molar-refractivity contribution is 5.91. The number of carbonyl (C=O) groups excluding carboxylic acids is 1. The van der Waals surface area contributed by atoms with Crippen molar-refractivity contribution in [1.82, 2.24) is 18.9 Å². The lowest BCUT2D eigenvalue weighted by atomic mass is 10.1. The molecular weight excluding hydrogens is 410 g/mol. The minimum absolute atomic E-state index is 0.0330. The second-order valence-electron chi connectivity index (χ2n) is 7.54. The topological polar surface area (TPSA) is 104 Å². The van der Waals surface area contributed by atoms with Crippen LogP contribution in [0.2, 0.25) is 0 Å². The largest absolute Gasteiger partial charge is 0.467 e. The molecule has 0 saturated carbocycles. The van der Waals surface area contributed by atoms with Crippen LogP contribution in [0, 0.1) is 6.92 Å². The number of rotatable bonds is 7. The maximum Gasteiger partial charge on any atom is 0.332 e. The van der Waals surface area contributed by atoms with E-state index in [-0.39, 0.29) is 24.5 Å². The maximum atomic E-state index is 13.3. The van der Waals surface area contributed by atoms with Gasteiger partial charge < -0.3 is 9.73 Å². The predicted octanol–water partition coefficient (Wildman–Crippen LogP) is 2.53. The summed E-state index contributed by atoms with van der Waals surface area (Å²) in [5, 5.41) is 7.26. The molecule has 0 aliphatic rings. The number of hydrogen-bond donors (Lipinski definition) is 1. The van der Waals surface area contributed by atoms with Crippen molar-refractivity contribution in [3.05, 3.63) is 80.5 Å². The van der Waals surface area contributed by atoms with Gasteiger partial charge in [0.05, 0.1) is 18.5 Å². The first kappa shape index (κ1) is 21.4. The van der Waals surface area contributed by atoms with Crippen molar-refractivity contribution in [2.75, 3.05) is 5.32 Å². The highest BCUT2D eigenvalue weighted by Gasteiger charge is 2.22. The Morgan fingerprint density at radius 1 is 1.09 bits per heavy atom. The summed E-state index contributed by atoms with van der Waals surface area (Å²) in [5.41, 5.74) is 1.87. The van der Waals surface area contributed by atoms with Crippen LogP contribution in [0.1, 0.15) is 30.9 Å². The fourth-order valence-corrected chi connectivity index (χ4v) is 3.85. The number of anilines is 1. The van der Waals surface area contributed by atoms with Gasteiger partial charge in [0.15, 0.2) is 5.52 Å². The van der Waals surface area contributed by atoms with Gasteiger partial charge in [-0.2, -0.15) is 5.10 Å². The molecule has 0 bridgehead atoms. The normalized spacial score (nSPS) is 11.2. The molecule has 9 nitrogen and oxygen atoms in total. The lowest BCUT2D eigenvalue weighted by molar-refractivity contribution is -0.116. The van der Waals surface area contributed by atoms with Crippen LogP contribution in [0.3, 0.4) is 0 Å². The van der Waals surface area contributed by atoms with Crippen molar-refractivity contribution in [1.29, 1.82) is 0 Å². The first-order valence-corrected chi connectivity index (χ1v) is 10.5. The summed E-state index contributed by atoms with van der Waals surface area (Å²) < 4.78 is 9.29. The van der Waals surface area contributed by atoms with Gasteiger partial charge in [-0.25, -0.2) is 4.79 Å². The van der Waals surface area contributed by atoms with Gasteiger partial charge in [-0.3, -0.25) is 23.4 Å². The smallest absolute Gasteiger partial charge is 0.332 e. The van der Waals surface area contributed by atoms with Crippen LogP contribution in [-0.2, 0) is 30.8 Å². The van der Waals surface area contributed by atoms with E-state index in [9.17, 15) is 14.4 Å². The molecule has 32 heavy (non-hydrogen) atoms. The Labute approximate surface area is 183 Å². The van der Waals surface area contributed by atoms with Crippen LogP contribution in [0.25, 0.3) is 11.0 Å². The molecule has 0 aliphatic carbocycles. The summed E-state index contributed by atoms with van der Waals surface area (Å²) in [7, 11) is 0. The number of carbonyl (C=O) groups is 1. The summed E-state index contributed by atoms with van der Waals surface area (Å²) in [6, 6.07) is 10.9. The summed E-state index contributed by atoms with van der Waals surface area (Å²) in [4.78, 5) is 39.4. The second kappa shape index (κ2) is 8.70. The number of nitrogens with zero attached hydrogens (tertiary/aromatic N) is 4. The first-order chi connectivity index (χ1) is 15.4. The summed E-state index contributed by atoms with van der Waals surface area (Å²) in [6.45, 7) is 5.80. The molecule has 0 spiro atoms. The van der Waals surface area contributed by atoms with E-state index in [1.165, 1.54) is 10.8 Å². The third-order valence-electron chi connectivity index (χ3n) is 5.39. The molecule has 0 saturated heterocycles. The molecule has 1 N–H and O–H groups in total. The van der Waals surface area contributed by atoms with E-state index in [4.69, 9.17) is 4.42 Å². The number of nitrogens with one attached hydrogen (secondary N) is 1. The molecule has 1 aromatic carbocycles. The molecule has 9 heteroatoms. The second-order valence-corrected chi connectivity index (χ2v) is 7.54. The predicted molar refractivity (Wildman–Crippen MR) is 121 cm³/mol. The Bertz CT molecular complexity index is 1390. The molecular formula is C23H25N5O4. The van der Waals surface area contributed by atoms with Crippen molar-refractivity contribution < 1.29 is 9.21 Å². The summed E-state index contributed by atoms with van der Waals surface area (Å²) in [5.74, 6) is 0.101. The van der Waals surface area contributed by atoms with E-state index in [0.29, 0.717) is 29.2 Å². The molecule has 4 rings (SSSR count). The third kappa shape index (κ3) is 3.89. The molecule has 4 aromatic rings. The molecule has 0 atom stereocenters. The number of benzene rings is 1. The Hall–Kier alpha value is -3.88. The van der Waals surface area contributed by atoms with E-state index in [1.807, 2.05) is 32.0 Å². The zero-order valence-electron chi connectivity index (χ0n) is 18.3. The summed E-state index contributed by atoms with van der Waals surface area (Å²) >= 11 is 0. The van der Waals surface area contributed by atoms with Gasteiger partial charge in [0.1, 0.15) is 17.8 Å². The first-order valence-electron chi connectivity index (χ1n) is 10.5. The SMILES string of the molecule is CCc1cccc(NC(=O)Cn2c(=O)n(Cc3ccco3)c(=O)c3c2c(C)nn3CC)c1. The lowest BCUT2D eigenvalue weighted by Crippen LogP contribution is -2.42.